The molecule has 0 saturated heterocycles. The number of nitrogens with one attached hydrogen (secondary N) is 1. The molecular weight excluding hydrogens is 350 g/mol. The first-order valence-electron chi connectivity index (χ1n) is 7.45. The number of anilines is 2. The summed E-state index contributed by atoms with van der Waals surface area (Å²) >= 11 is 2.67. The molecule has 0 atom stereocenters. The zero-order valence-electron chi connectivity index (χ0n) is 13.8. The second-order valence-corrected chi connectivity index (χ2v) is 7.36. The Bertz CT molecular complexity index is 843. The Kier molecular flexibility index (Phi) is 6.44. The van der Waals surface area contributed by atoms with Crippen LogP contribution in [0.15, 0.2) is 79.5 Å². The molecule has 9 N–H and O–H groups in total. The number of thioether (sulfide) groups is 2. The van der Waals surface area contributed by atoms with E-state index in [9.17, 15) is 0 Å². The minimum absolute atomic E-state index is 0.468. The van der Waals surface area contributed by atoms with E-state index in [-0.39, 0.29) is 0 Å². The third kappa shape index (κ3) is 4.74. The minimum atomic E-state index is 0.468. The van der Waals surface area contributed by atoms with Crippen molar-refractivity contribution in [2.45, 2.75) is 16.7 Å². The Balaban J connectivity index is 2.32. The molecule has 0 aliphatic rings. The van der Waals surface area contributed by atoms with Crippen LogP contribution in [0, 0.1) is 5.41 Å². The topological polar surface area (TPSA) is 128 Å². The Hall–Kier alpha value is -2.51. The molecule has 0 aromatic heterocycles. The molecule has 5 nitrogen and oxygen atoms in total. The second kappa shape index (κ2) is 8.55. The summed E-state index contributed by atoms with van der Waals surface area (Å²) in [6, 6.07) is 14.9. The molecule has 0 saturated carbocycles. The number of benzene rings is 2. The molecule has 0 aliphatic carbocycles. The van der Waals surface area contributed by atoms with Crippen molar-refractivity contribution in [3.8, 4) is 0 Å². The highest BCUT2D eigenvalue weighted by Gasteiger charge is 2.12. The van der Waals surface area contributed by atoms with E-state index in [1.54, 1.807) is 0 Å². The maximum atomic E-state index is 7.72. The van der Waals surface area contributed by atoms with Gasteiger partial charge in [0.2, 0.25) is 0 Å². The molecule has 0 fully saturated rings. The molecule has 130 valence electrons. The standard InChI is InChI=1S/C18H21N5S2/c1-11(17(22)24-15-8-4-2-6-13(15)20)12(10-19)18(23)25-16-9-5-3-7-14(16)21/h2-10,19H,20-23H2,1H3/b17-11+,18-12+,19-10?. The summed E-state index contributed by atoms with van der Waals surface area (Å²) in [6.45, 7) is 1.84. The maximum absolute atomic E-state index is 7.72. The lowest BCUT2D eigenvalue weighted by Crippen LogP contribution is -2.06. The van der Waals surface area contributed by atoms with E-state index in [4.69, 9.17) is 28.3 Å². The van der Waals surface area contributed by atoms with Crippen molar-refractivity contribution in [2.24, 2.45) is 11.5 Å². The third-order valence-electron chi connectivity index (χ3n) is 3.46. The lowest BCUT2D eigenvalue weighted by molar-refractivity contribution is 1.32. The summed E-state index contributed by atoms with van der Waals surface area (Å²) in [4.78, 5) is 1.70. The third-order valence-corrected chi connectivity index (χ3v) is 5.61. The first-order valence-corrected chi connectivity index (χ1v) is 9.09. The van der Waals surface area contributed by atoms with Crippen molar-refractivity contribution in [1.29, 1.82) is 5.41 Å². The molecule has 7 heteroatoms. The average molecular weight is 372 g/mol. The van der Waals surface area contributed by atoms with Gasteiger partial charge in [0.1, 0.15) is 0 Å². The van der Waals surface area contributed by atoms with E-state index in [2.05, 4.69) is 0 Å². The fourth-order valence-electron chi connectivity index (χ4n) is 2.01. The van der Waals surface area contributed by atoms with Crippen molar-refractivity contribution in [1.82, 2.24) is 0 Å². The fraction of sp³-hybridized carbons (Fsp3) is 0.0556. The number of para-hydroxylation sites is 2. The second-order valence-electron chi connectivity index (χ2n) is 5.19. The van der Waals surface area contributed by atoms with Crippen molar-refractivity contribution in [2.75, 3.05) is 11.5 Å². The Morgan fingerprint density at radius 1 is 0.840 bits per heavy atom. The molecule has 2 rings (SSSR count). The monoisotopic (exact) mass is 371 g/mol. The largest absolute Gasteiger partial charge is 0.398 e. The van der Waals surface area contributed by atoms with Gasteiger partial charge in [-0.15, -0.1) is 0 Å². The molecule has 0 amide bonds. The summed E-state index contributed by atoms with van der Waals surface area (Å²) in [5, 5.41) is 8.73. The van der Waals surface area contributed by atoms with Gasteiger partial charge in [-0.05, 0) is 36.8 Å². The molecule has 0 bridgehead atoms. The smallest absolute Gasteiger partial charge is 0.0797 e. The Labute approximate surface area is 156 Å². The lowest BCUT2D eigenvalue weighted by Gasteiger charge is -2.13. The quantitative estimate of drug-likeness (QED) is 0.228. The number of nitrogen functional groups attached to an aromatic ring is 2. The normalized spacial score (nSPS) is 13.0. The molecule has 0 aliphatic heterocycles. The van der Waals surface area contributed by atoms with Crippen molar-refractivity contribution in [3.05, 3.63) is 69.7 Å². The van der Waals surface area contributed by atoms with Gasteiger partial charge in [-0.1, -0.05) is 47.8 Å². The van der Waals surface area contributed by atoms with E-state index < -0.39 is 0 Å². The molecule has 0 unspecified atom stereocenters. The number of rotatable bonds is 6. The highest BCUT2D eigenvalue weighted by Crippen LogP contribution is 2.35. The van der Waals surface area contributed by atoms with Crippen LogP contribution in [-0.2, 0) is 0 Å². The zero-order chi connectivity index (χ0) is 18.4. The van der Waals surface area contributed by atoms with Crippen LogP contribution < -0.4 is 22.9 Å². The fourth-order valence-corrected chi connectivity index (χ4v) is 3.74. The summed E-state index contributed by atoms with van der Waals surface area (Å²) in [5.74, 6) is 0. The Morgan fingerprint density at radius 2 is 1.28 bits per heavy atom. The first-order chi connectivity index (χ1) is 11.9. The summed E-state index contributed by atoms with van der Waals surface area (Å²) in [6.07, 6.45) is 1.21. The van der Waals surface area contributed by atoms with Crippen molar-refractivity contribution >= 4 is 41.1 Å². The number of nitrogens with two attached hydrogens (primary N) is 4. The van der Waals surface area contributed by atoms with Crippen LogP contribution in [0.2, 0.25) is 0 Å². The molecular formula is C18H21N5S2. The highest BCUT2D eigenvalue weighted by molar-refractivity contribution is 8.03. The van der Waals surface area contributed by atoms with Gasteiger partial charge in [0.25, 0.3) is 0 Å². The van der Waals surface area contributed by atoms with Gasteiger partial charge in [-0.2, -0.15) is 0 Å². The predicted octanol–water partition coefficient (Wildman–Crippen LogP) is 3.75. The van der Waals surface area contributed by atoms with Crippen molar-refractivity contribution in [3.63, 3.8) is 0 Å². The highest BCUT2D eigenvalue weighted by atomic mass is 32.2. The lowest BCUT2D eigenvalue weighted by atomic mass is 10.1. The van der Waals surface area contributed by atoms with Crippen LogP contribution in [0.5, 0.6) is 0 Å². The first kappa shape index (κ1) is 18.8. The number of hydrogen-bond acceptors (Lipinski definition) is 7. The van der Waals surface area contributed by atoms with Crippen LogP contribution in [0.25, 0.3) is 0 Å². The molecule has 2 aromatic rings. The van der Waals surface area contributed by atoms with Gasteiger partial charge < -0.3 is 28.3 Å². The van der Waals surface area contributed by atoms with Crippen LogP contribution >= 0.6 is 23.5 Å². The molecule has 0 heterocycles. The van der Waals surface area contributed by atoms with Crippen molar-refractivity contribution < 1.29 is 0 Å². The number of allylic oxidation sites excluding steroid dienone is 2. The van der Waals surface area contributed by atoms with Crippen LogP contribution in [0.4, 0.5) is 11.4 Å². The number of hydrogen-bond donors (Lipinski definition) is 5. The van der Waals surface area contributed by atoms with E-state index in [0.717, 1.165) is 15.4 Å². The minimum Gasteiger partial charge on any atom is -0.398 e. The van der Waals surface area contributed by atoms with Gasteiger partial charge in [0, 0.05) is 33.0 Å². The van der Waals surface area contributed by atoms with Crippen LogP contribution in [0.1, 0.15) is 6.92 Å². The van der Waals surface area contributed by atoms with E-state index >= 15 is 0 Å². The Morgan fingerprint density at radius 3 is 1.72 bits per heavy atom. The average Bonchev–Trinajstić information content (AvgIpc) is 2.59. The summed E-state index contributed by atoms with van der Waals surface area (Å²) < 4.78 is 0. The van der Waals surface area contributed by atoms with Gasteiger partial charge in [-0.3, -0.25) is 0 Å². The van der Waals surface area contributed by atoms with Gasteiger partial charge >= 0.3 is 0 Å². The van der Waals surface area contributed by atoms with Gasteiger partial charge in [0.15, 0.2) is 0 Å². The summed E-state index contributed by atoms with van der Waals surface area (Å²) in [5.41, 5.74) is 26.9. The molecule has 25 heavy (non-hydrogen) atoms. The molecule has 2 aromatic carbocycles. The van der Waals surface area contributed by atoms with E-state index in [1.807, 2.05) is 55.5 Å². The van der Waals surface area contributed by atoms with Crippen LogP contribution in [-0.4, -0.2) is 6.21 Å². The molecule has 0 spiro atoms. The molecule has 0 radical (unpaired) electrons. The van der Waals surface area contributed by atoms with E-state index in [0.29, 0.717) is 27.0 Å². The maximum Gasteiger partial charge on any atom is 0.0797 e. The van der Waals surface area contributed by atoms with E-state index in [1.165, 1.54) is 29.7 Å². The SMILES string of the molecule is CC(/C(C=N)=C(\N)Sc1ccccc1N)=C(/N)Sc1ccccc1N. The summed E-state index contributed by atoms with van der Waals surface area (Å²) in [7, 11) is 0. The zero-order valence-corrected chi connectivity index (χ0v) is 15.5. The van der Waals surface area contributed by atoms with Gasteiger partial charge in [-0.25, -0.2) is 0 Å². The van der Waals surface area contributed by atoms with Gasteiger partial charge in [0.05, 0.1) is 10.1 Å². The van der Waals surface area contributed by atoms with Crippen LogP contribution in [0.3, 0.4) is 0 Å². The predicted molar refractivity (Wildman–Crippen MR) is 110 cm³/mol.